The van der Waals surface area contributed by atoms with Gasteiger partial charge in [0.15, 0.2) is 0 Å². The van der Waals surface area contributed by atoms with Gasteiger partial charge in [-0.05, 0) is 98.2 Å². The van der Waals surface area contributed by atoms with Gasteiger partial charge in [0.2, 0.25) is 0 Å². The van der Waals surface area contributed by atoms with Crippen LogP contribution in [0.2, 0.25) is 0 Å². The van der Waals surface area contributed by atoms with Crippen molar-refractivity contribution in [3.8, 4) is 5.75 Å². The molecule has 2 aliphatic rings. The smallest absolute Gasteiger partial charge is 0.133 e. The molecule has 1 aliphatic heterocycles. The second-order valence-corrected chi connectivity index (χ2v) is 9.45. The molecule has 0 aromatic heterocycles. The summed E-state index contributed by atoms with van der Waals surface area (Å²) in [7, 11) is 0. The molecular weight excluding hydrogens is 472 g/mol. The van der Waals surface area contributed by atoms with Crippen LogP contribution in [0.1, 0.15) is 23.1 Å². The van der Waals surface area contributed by atoms with Crippen LogP contribution < -0.4 is 4.74 Å². The van der Waals surface area contributed by atoms with Crippen molar-refractivity contribution in [2.45, 2.75) is 32.3 Å². The minimum absolute atomic E-state index is 0.231. The maximum Gasteiger partial charge on any atom is 0.133 e. The quantitative estimate of drug-likeness (QED) is 0.260. The Balaban J connectivity index is 0.000000332. The van der Waals surface area contributed by atoms with Crippen molar-refractivity contribution in [3.05, 3.63) is 112 Å². The molecule has 1 heterocycles. The van der Waals surface area contributed by atoms with Gasteiger partial charge < -0.3 is 9.47 Å². The van der Waals surface area contributed by atoms with E-state index in [4.69, 9.17) is 9.47 Å². The molecule has 0 N–H and O–H groups in total. The molecule has 0 saturated carbocycles. The Morgan fingerprint density at radius 3 is 2.55 bits per heavy atom. The molecule has 1 aliphatic carbocycles. The van der Waals surface area contributed by atoms with Crippen LogP contribution in [0.3, 0.4) is 0 Å². The first-order chi connectivity index (χ1) is 16.2. The molecular formula is C30H27BrO2. The Hall–Kier alpha value is -3.04. The second kappa shape index (κ2) is 9.84. The Morgan fingerprint density at radius 1 is 0.909 bits per heavy atom. The molecule has 1 unspecified atom stereocenters. The highest BCUT2D eigenvalue weighted by Crippen LogP contribution is 2.35. The van der Waals surface area contributed by atoms with Crippen molar-refractivity contribution in [1.29, 1.82) is 0 Å². The summed E-state index contributed by atoms with van der Waals surface area (Å²) in [6.45, 7) is 2.83. The Labute approximate surface area is 203 Å². The first-order valence-corrected chi connectivity index (χ1v) is 12.3. The van der Waals surface area contributed by atoms with Crippen molar-refractivity contribution in [3.63, 3.8) is 0 Å². The largest absolute Gasteiger partial charge is 0.497 e. The molecule has 166 valence electrons. The number of benzene rings is 4. The van der Waals surface area contributed by atoms with Gasteiger partial charge in [0, 0.05) is 6.42 Å². The van der Waals surface area contributed by atoms with Gasteiger partial charge in [-0.3, -0.25) is 0 Å². The second-order valence-electron chi connectivity index (χ2n) is 8.59. The summed E-state index contributed by atoms with van der Waals surface area (Å²) in [4.78, 5) is 0. The van der Waals surface area contributed by atoms with Crippen LogP contribution in [0.5, 0.6) is 5.75 Å². The zero-order chi connectivity index (χ0) is 22.6. The highest BCUT2D eigenvalue weighted by molar-refractivity contribution is 9.10. The van der Waals surface area contributed by atoms with E-state index >= 15 is 0 Å². The van der Waals surface area contributed by atoms with E-state index in [0.29, 0.717) is 0 Å². The Kier molecular flexibility index (Phi) is 6.50. The third-order valence-corrected chi connectivity index (χ3v) is 6.91. The SMILES string of the molecule is C1=CCOC=C1.Cc1ccc(OC2CCc3c(ccc4c3ccc3ccccc34)C2)c(Br)c1. The van der Waals surface area contributed by atoms with Crippen LogP contribution in [0.25, 0.3) is 21.5 Å². The first kappa shape index (κ1) is 21.8. The number of ether oxygens (including phenoxy) is 2. The predicted octanol–water partition coefficient (Wildman–Crippen LogP) is 8.09. The summed E-state index contributed by atoms with van der Waals surface area (Å²) in [6, 6.07) is 24.1. The molecule has 0 saturated heterocycles. The summed E-state index contributed by atoms with van der Waals surface area (Å²) in [5.41, 5.74) is 4.17. The van der Waals surface area contributed by atoms with Gasteiger partial charge in [-0.2, -0.15) is 0 Å². The van der Waals surface area contributed by atoms with Crippen molar-refractivity contribution < 1.29 is 9.47 Å². The molecule has 33 heavy (non-hydrogen) atoms. The van der Waals surface area contributed by atoms with E-state index in [1.54, 1.807) is 6.26 Å². The zero-order valence-electron chi connectivity index (χ0n) is 18.8. The lowest BCUT2D eigenvalue weighted by Gasteiger charge is -2.27. The number of rotatable bonds is 2. The standard InChI is InChI=1S/C25H21BrO.C5H6O/c1-16-6-13-25(24(26)14-16)27-19-9-12-21-18(15-19)8-11-22-20-5-3-2-4-17(20)7-10-23(21)22;1-2-4-6-5-3-1/h2-8,10-11,13-14,19H,9,12,15H2,1H3;1-4H,5H2. The third kappa shape index (κ3) is 4.84. The van der Waals surface area contributed by atoms with E-state index in [1.807, 2.05) is 18.2 Å². The average Bonchev–Trinajstić information content (AvgIpc) is 2.86. The molecule has 0 radical (unpaired) electrons. The minimum atomic E-state index is 0.231. The fourth-order valence-electron chi connectivity index (χ4n) is 4.66. The van der Waals surface area contributed by atoms with E-state index in [0.717, 1.165) is 36.1 Å². The summed E-state index contributed by atoms with van der Waals surface area (Å²) in [5.74, 6) is 0.945. The van der Waals surface area contributed by atoms with Crippen LogP contribution in [0.4, 0.5) is 0 Å². The van der Waals surface area contributed by atoms with Crippen molar-refractivity contribution in [1.82, 2.24) is 0 Å². The van der Waals surface area contributed by atoms with Gasteiger partial charge in [-0.15, -0.1) is 0 Å². The molecule has 1 atom stereocenters. The Bertz CT molecular complexity index is 1340. The molecule has 4 aromatic carbocycles. The molecule has 0 amide bonds. The highest BCUT2D eigenvalue weighted by Gasteiger charge is 2.22. The van der Waals surface area contributed by atoms with E-state index in [1.165, 1.54) is 38.2 Å². The van der Waals surface area contributed by atoms with Gasteiger partial charge in [-0.25, -0.2) is 0 Å². The predicted molar refractivity (Wildman–Crippen MR) is 141 cm³/mol. The molecule has 0 spiro atoms. The highest BCUT2D eigenvalue weighted by atomic mass is 79.9. The van der Waals surface area contributed by atoms with Gasteiger partial charge in [0.05, 0.1) is 10.7 Å². The molecule has 3 heteroatoms. The molecule has 0 fully saturated rings. The van der Waals surface area contributed by atoms with Crippen molar-refractivity contribution in [2.75, 3.05) is 6.61 Å². The first-order valence-electron chi connectivity index (χ1n) is 11.5. The fraction of sp³-hybridized carbons (Fsp3) is 0.200. The van der Waals surface area contributed by atoms with Gasteiger partial charge in [-0.1, -0.05) is 60.7 Å². The zero-order valence-corrected chi connectivity index (χ0v) is 20.3. The molecule has 4 aromatic rings. The fourth-order valence-corrected chi connectivity index (χ4v) is 5.25. The maximum atomic E-state index is 6.33. The van der Waals surface area contributed by atoms with Crippen molar-refractivity contribution in [2.24, 2.45) is 0 Å². The van der Waals surface area contributed by atoms with Gasteiger partial charge in [0.25, 0.3) is 0 Å². The van der Waals surface area contributed by atoms with Crippen LogP contribution in [0, 0.1) is 6.92 Å². The van der Waals surface area contributed by atoms with Crippen LogP contribution in [0.15, 0.2) is 95.7 Å². The topological polar surface area (TPSA) is 18.5 Å². The summed E-state index contributed by atoms with van der Waals surface area (Å²) >= 11 is 3.64. The summed E-state index contributed by atoms with van der Waals surface area (Å²) in [5, 5.41) is 5.43. The lowest BCUT2D eigenvalue weighted by atomic mass is 9.85. The number of allylic oxidation sites excluding steroid dienone is 2. The number of fused-ring (bicyclic) bond motifs is 5. The van der Waals surface area contributed by atoms with Crippen molar-refractivity contribution >= 4 is 37.5 Å². The van der Waals surface area contributed by atoms with E-state index in [9.17, 15) is 0 Å². The third-order valence-electron chi connectivity index (χ3n) is 6.29. The summed E-state index contributed by atoms with van der Waals surface area (Å²) in [6.07, 6.45) is 10.8. The number of halogens is 1. The summed E-state index contributed by atoms with van der Waals surface area (Å²) < 4.78 is 12.2. The molecule has 6 rings (SSSR count). The Morgan fingerprint density at radius 2 is 1.79 bits per heavy atom. The monoisotopic (exact) mass is 498 g/mol. The molecule has 2 nitrogen and oxygen atoms in total. The maximum absolute atomic E-state index is 6.33. The van der Waals surface area contributed by atoms with Crippen LogP contribution in [-0.4, -0.2) is 12.7 Å². The average molecular weight is 499 g/mol. The molecule has 0 bridgehead atoms. The number of aryl methyl sites for hydroxylation is 2. The van der Waals surface area contributed by atoms with Gasteiger partial charge >= 0.3 is 0 Å². The van der Waals surface area contributed by atoms with E-state index < -0.39 is 0 Å². The number of hydrogen-bond acceptors (Lipinski definition) is 2. The van der Waals surface area contributed by atoms with E-state index in [2.05, 4.69) is 89.6 Å². The lowest BCUT2D eigenvalue weighted by Crippen LogP contribution is -2.25. The minimum Gasteiger partial charge on any atom is -0.497 e. The lowest BCUT2D eigenvalue weighted by molar-refractivity contribution is 0.184. The van der Waals surface area contributed by atoms with Crippen LogP contribution >= 0.6 is 15.9 Å². The normalized spacial score (nSPS) is 16.6. The van der Waals surface area contributed by atoms with Crippen LogP contribution in [-0.2, 0) is 17.6 Å². The number of hydrogen-bond donors (Lipinski definition) is 0. The van der Waals surface area contributed by atoms with E-state index in [-0.39, 0.29) is 6.10 Å². The van der Waals surface area contributed by atoms with Gasteiger partial charge in [0.1, 0.15) is 18.5 Å².